The van der Waals surface area contributed by atoms with Gasteiger partial charge in [-0.05, 0) is 55.3 Å². The number of hydrogen-bond acceptors (Lipinski definition) is 5. The summed E-state index contributed by atoms with van der Waals surface area (Å²) in [5.41, 5.74) is 3.64. The van der Waals surface area contributed by atoms with E-state index in [0.717, 1.165) is 16.8 Å². The van der Waals surface area contributed by atoms with Crippen molar-refractivity contribution in [1.29, 1.82) is 0 Å². The molecule has 1 aromatic heterocycles. The molecule has 0 spiro atoms. The normalized spacial score (nSPS) is 10.7. The molecule has 0 radical (unpaired) electrons. The van der Waals surface area contributed by atoms with Gasteiger partial charge in [0.15, 0.2) is 5.82 Å². The first-order chi connectivity index (χ1) is 16.8. The van der Waals surface area contributed by atoms with Crippen molar-refractivity contribution < 1.29 is 14.5 Å². The zero-order chi connectivity index (χ0) is 24.9. The molecule has 9 heteroatoms. The van der Waals surface area contributed by atoms with Crippen LogP contribution < -0.4 is 10.1 Å². The molecule has 0 unspecified atom stereocenters. The summed E-state index contributed by atoms with van der Waals surface area (Å²) in [6.07, 6.45) is 0. The van der Waals surface area contributed by atoms with Crippen molar-refractivity contribution in [3.8, 4) is 5.75 Å². The number of nitrogens with zero attached hydrogens (tertiary/aromatic N) is 3. The van der Waals surface area contributed by atoms with Gasteiger partial charge in [0.25, 0.3) is 11.6 Å². The fraction of sp³-hybridized carbons (Fsp3) is 0.154. The van der Waals surface area contributed by atoms with Crippen LogP contribution in [0.25, 0.3) is 0 Å². The van der Waals surface area contributed by atoms with Crippen molar-refractivity contribution >= 4 is 29.0 Å². The molecule has 0 aliphatic heterocycles. The monoisotopic (exact) mass is 490 g/mol. The predicted molar refractivity (Wildman–Crippen MR) is 134 cm³/mol. The molecule has 1 N–H and O–H groups in total. The summed E-state index contributed by atoms with van der Waals surface area (Å²) < 4.78 is 7.55. The first-order valence-electron chi connectivity index (χ1n) is 10.9. The van der Waals surface area contributed by atoms with E-state index >= 15 is 0 Å². The van der Waals surface area contributed by atoms with Crippen LogP contribution in [0.15, 0.2) is 72.8 Å². The number of carbonyl (C=O) groups is 1. The van der Waals surface area contributed by atoms with Gasteiger partial charge in [0, 0.05) is 34.0 Å². The number of benzene rings is 3. The molecule has 8 nitrogen and oxygen atoms in total. The molecule has 1 heterocycles. The minimum atomic E-state index is -0.428. The number of nitro benzene ring substituents is 1. The number of hydrogen-bond donors (Lipinski definition) is 1. The summed E-state index contributed by atoms with van der Waals surface area (Å²) >= 11 is 6.26. The van der Waals surface area contributed by atoms with Crippen molar-refractivity contribution in [3.05, 3.63) is 116 Å². The largest absolute Gasteiger partial charge is 0.489 e. The third kappa shape index (κ3) is 5.85. The van der Waals surface area contributed by atoms with Crippen LogP contribution in [0.4, 0.5) is 11.5 Å². The van der Waals surface area contributed by atoms with E-state index < -0.39 is 4.92 Å². The number of amides is 1. The third-order valence-electron chi connectivity index (χ3n) is 5.46. The van der Waals surface area contributed by atoms with Crippen LogP contribution in [0.1, 0.15) is 32.7 Å². The molecule has 178 valence electrons. The second-order valence-electron chi connectivity index (χ2n) is 8.07. The summed E-state index contributed by atoms with van der Waals surface area (Å²) in [4.78, 5) is 23.4. The van der Waals surface area contributed by atoms with Gasteiger partial charge >= 0.3 is 0 Å². The summed E-state index contributed by atoms with van der Waals surface area (Å²) in [6.45, 7) is 4.28. The van der Waals surface area contributed by atoms with Gasteiger partial charge < -0.3 is 10.1 Å². The Kier molecular flexibility index (Phi) is 7.12. The van der Waals surface area contributed by atoms with Gasteiger partial charge in [-0.3, -0.25) is 19.6 Å². The van der Waals surface area contributed by atoms with Crippen LogP contribution in [0.2, 0.25) is 5.02 Å². The quantitative estimate of drug-likeness (QED) is 0.243. The molecule has 4 aromatic rings. The topological polar surface area (TPSA) is 99.3 Å². The van der Waals surface area contributed by atoms with Crippen LogP contribution in [0, 0.1) is 24.0 Å². The average Bonchev–Trinajstić information content (AvgIpc) is 3.17. The zero-order valence-corrected chi connectivity index (χ0v) is 20.0. The SMILES string of the molecule is Cc1cc(OCc2cccc(C(=O)Nc3cc(C)n(Cc4ccccc4Cl)n3)c2)ccc1[N+](=O)[O-]. The summed E-state index contributed by atoms with van der Waals surface area (Å²) in [7, 11) is 0. The van der Waals surface area contributed by atoms with E-state index in [1.54, 1.807) is 48.0 Å². The molecule has 0 saturated carbocycles. The van der Waals surface area contributed by atoms with Crippen molar-refractivity contribution in [1.82, 2.24) is 9.78 Å². The summed E-state index contributed by atoms with van der Waals surface area (Å²) in [6, 6.07) is 21.0. The van der Waals surface area contributed by atoms with Crippen molar-refractivity contribution in [2.75, 3.05) is 5.32 Å². The highest BCUT2D eigenvalue weighted by Crippen LogP contribution is 2.24. The van der Waals surface area contributed by atoms with E-state index in [4.69, 9.17) is 16.3 Å². The lowest BCUT2D eigenvalue weighted by molar-refractivity contribution is -0.385. The van der Waals surface area contributed by atoms with Gasteiger partial charge in [-0.2, -0.15) is 5.10 Å². The molecule has 0 aliphatic rings. The fourth-order valence-electron chi connectivity index (χ4n) is 3.60. The number of carbonyl (C=O) groups excluding carboxylic acids is 1. The Labute approximate surface area is 207 Å². The molecule has 0 atom stereocenters. The highest BCUT2D eigenvalue weighted by atomic mass is 35.5. The smallest absolute Gasteiger partial charge is 0.272 e. The highest BCUT2D eigenvalue weighted by molar-refractivity contribution is 6.31. The number of rotatable bonds is 8. The highest BCUT2D eigenvalue weighted by Gasteiger charge is 2.13. The molecule has 3 aromatic carbocycles. The van der Waals surface area contributed by atoms with Crippen LogP contribution in [0.3, 0.4) is 0 Å². The van der Waals surface area contributed by atoms with E-state index in [0.29, 0.717) is 34.3 Å². The Hall–Kier alpha value is -4.17. The second-order valence-corrected chi connectivity index (χ2v) is 8.48. The Morgan fingerprint density at radius 3 is 2.63 bits per heavy atom. The minimum absolute atomic E-state index is 0.0422. The number of halogens is 1. The zero-order valence-electron chi connectivity index (χ0n) is 19.2. The number of aryl methyl sites for hydroxylation is 2. The summed E-state index contributed by atoms with van der Waals surface area (Å²) in [5, 5.41) is 19.0. The lowest BCUT2D eigenvalue weighted by Gasteiger charge is -2.09. The summed E-state index contributed by atoms with van der Waals surface area (Å²) in [5.74, 6) is 0.672. The lowest BCUT2D eigenvalue weighted by atomic mass is 10.1. The fourth-order valence-corrected chi connectivity index (χ4v) is 3.79. The van der Waals surface area contributed by atoms with Crippen LogP contribution in [-0.2, 0) is 13.2 Å². The standard InChI is InChI=1S/C26H23ClN4O4/c1-17-12-22(10-11-24(17)31(33)34)35-16-19-6-5-8-20(14-19)26(32)28-25-13-18(2)30(29-25)15-21-7-3-4-9-23(21)27/h3-14H,15-16H2,1-2H3,(H,28,29,32). The molecule has 0 aliphatic carbocycles. The van der Waals surface area contributed by atoms with Gasteiger partial charge in [-0.1, -0.05) is 41.9 Å². The van der Waals surface area contributed by atoms with E-state index in [-0.39, 0.29) is 18.2 Å². The second kappa shape index (κ2) is 10.4. The number of ether oxygens (including phenoxy) is 1. The molecule has 4 rings (SSSR count). The van der Waals surface area contributed by atoms with E-state index in [1.807, 2.05) is 37.3 Å². The maximum atomic E-state index is 12.8. The number of nitro groups is 1. The van der Waals surface area contributed by atoms with Gasteiger partial charge in [0.1, 0.15) is 12.4 Å². The van der Waals surface area contributed by atoms with E-state index in [9.17, 15) is 14.9 Å². The van der Waals surface area contributed by atoms with Crippen molar-refractivity contribution in [2.45, 2.75) is 27.0 Å². The van der Waals surface area contributed by atoms with Crippen molar-refractivity contribution in [2.24, 2.45) is 0 Å². The van der Waals surface area contributed by atoms with E-state index in [1.165, 1.54) is 6.07 Å². The minimum Gasteiger partial charge on any atom is -0.489 e. The number of nitrogens with one attached hydrogen (secondary N) is 1. The Morgan fingerprint density at radius 2 is 1.89 bits per heavy atom. The van der Waals surface area contributed by atoms with Crippen LogP contribution >= 0.6 is 11.6 Å². The first kappa shape index (κ1) is 24.0. The van der Waals surface area contributed by atoms with Gasteiger partial charge in [0.05, 0.1) is 11.5 Å². The molecule has 0 fully saturated rings. The third-order valence-corrected chi connectivity index (χ3v) is 5.83. The molecule has 35 heavy (non-hydrogen) atoms. The predicted octanol–water partition coefficient (Wildman–Crippen LogP) is 5.94. The lowest BCUT2D eigenvalue weighted by Crippen LogP contribution is -2.13. The van der Waals surface area contributed by atoms with Gasteiger partial charge in [-0.15, -0.1) is 0 Å². The first-order valence-corrected chi connectivity index (χ1v) is 11.2. The molecule has 1 amide bonds. The Bertz CT molecular complexity index is 1400. The number of aromatic nitrogens is 2. The van der Waals surface area contributed by atoms with Crippen LogP contribution in [-0.4, -0.2) is 20.6 Å². The maximum absolute atomic E-state index is 12.8. The maximum Gasteiger partial charge on any atom is 0.272 e. The molecule has 0 bridgehead atoms. The average molecular weight is 491 g/mol. The Morgan fingerprint density at radius 1 is 1.09 bits per heavy atom. The number of anilines is 1. The molecular formula is C26H23ClN4O4. The Balaban J connectivity index is 1.41. The van der Waals surface area contributed by atoms with Crippen LogP contribution in [0.5, 0.6) is 5.75 Å². The van der Waals surface area contributed by atoms with Gasteiger partial charge in [-0.25, -0.2) is 0 Å². The molecular weight excluding hydrogens is 468 g/mol. The van der Waals surface area contributed by atoms with Gasteiger partial charge in [0.2, 0.25) is 0 Å². The van der Waals surface area contributed by atoms with E-state index in [2.05, 4.69) is 10.4 Å². The van der Waals surface area contributed by atoms with Crippen molar-refractivity contribution in [3.63, 3.8) is 0 Å². The molecule has 0 saturated heterocycles.